The third-order valence-electron chi connectivity index (χ3n) is 11.0. The quantitative estimate of drug-likeness (QED) is 0.463. The minimum Gasteiger partial charge on any atom is -0.295 e. The summed E-state index contributed by atoms with van der Waals surface area (Å²) < 4.78 is 0. The van der Waals surface area contributed by atoms with Crippen LogP contribution in [-0.4, -0.2) is 5.78 Å². The Hall–Kier alpha value is -0.590. The van der Waals surface area contributed by atoms with Gasteiger partial charge in [-0.1, -0.05) is 60.5 Å². The van der Waals surface area contributed by atoms with Crippen molar-refractivity contribution < 1.29 is 4.79 Å². The van der Waals surface area contributed by atoms with E-state index in [1.165, 1.54) is 51.4 Å². The lowest BCUT2D eigenvalue weighted by molar-refractivity contribution is -0.122. The largest absolute Gasteiger partial charge is 0.295 e. The van der Waals surface area contributed by atoms with Crippen molar-refractivity contribution in [2.75, 3.05) is 0 Å². The van der Waals surface area contributed by atoms with E-state index < -0.39 is 0 Å². The molecule has 3 fully saturated rings. The zero-order chi connectivity index (χ0) is 21.0. The number of rotatable bonds is 5. The Bertz CT molecular complexity index is 647. The lowest BCUT2D eigenvalue weighted by Crippen LogP contribution is -2.52. The summed E-state index contributed by atoms with van der Waals surface area (Å²) in [6.45, 7) is 15.0. The highest BCUT2D eigenvalue weighted by Crippen LogP contribution is 2.67. The van der Waals surface area contributed by atoms with Crippen LogP contribution < -0.4 is 0 Å². The van der Waals surface area contributed by atoms with Gasteiger partial charge in [-0.25, -0.2) is 0 Å². The smallest absolute Gasteiger partial charge is 0.155 e. The van der Waals surface area contributed by atoms with Crippen LogP contribution in [0, 0.1) is 58.2 Å². The van der Waals surface area contributed by atoms with Gasteiger partial charge in [-0.05, 0) is 103 Å². The van der Waals surface area contributed by atoms with Crippen LogP contribution in [0.15, 0.2) is 12.2 Å². The van der Waals surface area contributed by atoms with Crippen molar-refractivity contribution in [3.05, 3.63) is 12.2 Å². The summed E-state index contributed by atoms with van der Waals surface area (Å²) in [5.41, 5.74) is 0.855. The predicted octanol–water partition coefficient (Wildman–Crippen LogP) is 7.70. The second kappa shape index (κ2) is 7.83. The molecule has 29 heavy (non-hydrogen) atoms. The molecule has 0 saturated heterocycles. The Kier molecular flexibility index (Phi) is 5.84. The first-order valence-corrected chi connectivity index (χ1v) is 12.9. The van der Waals surface area contributed by atoms with Gasteiger partial charge < -0.3 is 0 Å². The van der Waals surface area contributed by atoms with Gasteiger partial charge in [0.25, 0.3) is 0 Å². The first-order chi connectivity index (χ1) is 13.7. The third kappa shape index (κ3) is 3.57. The van der Waals surface area contributed by atoms with Crippen molar-refractivity contribution in [2.24, 2.45) is 58.2 Å². The van der Waals surface area contributed by atoms with Gasteiger partial charge >= 0.3 is 0 Å². The molecule has 164 valence electrons. The first-order valence-electron chi connectivity index (χ1n) is 12.9. The number of fused-ring (bicyclic) bond motifs is 5. The van der Waals surface area contributed by atoms with Gasteiger partial charge in [0.1, 0.15) is 0 Å². The summed E-state index contributed by atoms with van der Waals surface area (Å²) in [5, 5.41) is 0. The normalized spacial score (nSPS) is 46.2. The number of ketones is 1. The van der Waals surface area contributed by atoms with E-state index in [1.807, 2.05) is 6.08 Å². The van der Waals surface area contributed by atoms with E-state index in [0.29, 0.717) is 17.1 Å². The summed E-state index contributed by atoms with van der Waals surface area (Å²) in [7, 11) is 0. The van der Waals surface area contributed by atoms with Crippen molar-refractivity contribution in [1.29, 1.82) is 0 Å². The van der Waals surface area contributed by atoms with E-state index >= 15 is 0 Å². The van der Waals surface area contributed by atoms with Crippen molar-refractivity contribution in [3.63, 3.8) is 0 Å². The first kappa shape index (κ1) is 21.6. The molecule has 0 amide bonds. The second-order valence-corrected chi connectivity index (χ2v) is 12.5. The number of hydrogen-bond acceptors (Lipinski definition) is 1. The monoisotopic (exact) mass is 398 g/mol. The second-order valence-electron chi connectivity index (χ2n) is 12.5. The fourth-order valence-corrected chi connectivity index (χ4v) is 8.67. The summed E-state index contributed by atoms with van der Waals surface area (Å²) in [6, 6.07) is 0. The molecule has 0 radical (unpaired) electrons. The fraction of sp³-hybridized carbons (Fsp3) is 0.893. The molecular formula is C28H46O. The Labute approximate surface area is 180 Å². The molecule has 4 aliphatic carbocycles. The van der Waals surface area contributed by atoms with Gasteiger partial charge in [-0.2, -0.15) is 0 Å². The maximum absolute atomic E-state index is 12.0. The standard InChI is InChI=1S/C28H46O/c1-18(2)19(3)7-8-20(4)24-11-12-25-23-10-9-21-17-22(29)13-15-27(21,5)26(23)14-16-28(24,25)6/h13,15,18-21,23-26H,7-12,14,16-17H2,1-6H3/t19-,20-,21?,23+,24-,25+,26+,27+,28-/m1/s1. The van der Waals surface area contributed by atoms with Crippen LogP contribution in [-0.2, 0) is 4.79 Å². The molecule has 0 aromatic carbocycles. The van der Waals surface area contributed by atoms with Crippen LogP contribution in [0.4, 0.5) is 0 Å². The van der Waals surface area contributed by atoms with Crippen LogP contribution in [0.3, 0.4) is 0 Å². The maximum atomic E-state index is 12.0. The van der Waals surface area contributed by atoms with Crippen LogP contribution in [0.1, 0.15) is 99.3 Å². The predicted molar refractivity (Wildman–Crippen MR) is 123 cm³/mol. The van der Waals surface area contributed by atoms with Crippen molar-refractivity contribution in [3.8, 4) is 0 Å². The molecule has 0 aromatic heterocycles. The molecule has 0 N–H and O–H groups in total. The van der Waals surface area contributed by atoms with Gasteiger partial charge in [0.05, 0.1) is 0 Å². The number of carbonyl (C=O) groups excluding carboxylic acids is 1. The van der Waals surface area contributed by atoms with Gasteiger partial charge in [0.2, 0.25) is 0 Å². The highest BCUT2D eigenvalue weighted by Gasteiger charge is 2.59. The molecule has 9 atom stereocenters. The summed E-state index contributed by atoms with van der Waals surface area (Å²) in [4.78, 5) is 12.0. The average molecular weight is 399 g/mol. The van der Waals surface area contributed by atoms with E-state index in [4.69, 9.17) is 0 Å². The van der Waals surface area contributed by atoms with E-state index in [0.717, 1.165) is 47.8 Å². The number of carbonyl (C=O) groups is 1. The molecule has 1 unspecified atom stereocenters. The van der Waals surface area contributed by atoms with Crippen molar-refractivity contribution >= 4 is 5.78 Å². The minimum atomic E-state index is 0.286. The van der Waals surface area contributed by atoms with E-state index in [9.17, 15) is 4.79 Å². The fourth-order valence-electron chi connectivity index (χ4n) is 8.67. The Balaban J connectivity index is 1.49. The lowest BCUT2D eigenvalue weighted by atomic mass is 9.45. The Morgan fingerprint density at radius 3 is 2.45 bits per heavy atom. The molecule has 4 aliphatic rings. The lowest BCUT2D eigenvalue weighted by Gasteiger charge is -2.59. The molecule has 1 heteroatoms. The molecule has 0 aromatic rings. The molecule has 0 heterocycles. The molecule has 1 nitrogen and oxygen atoms in total. The minimum absolute atomic E-state index is 0.286. The van der Waals surface area contributed by atoms with E-state index in [2.05, 4.69) is 47.6 Å². The molecule has 0 bridgehead atoms. The van der Waals surface area contributed by atoms with Crippen molar-refractivity contribution in [1.82, 2.24) is 0 Å². The summed E-state index contributed by atoms with van der Waals surface area (Å²) in [5.74, 6) is 7.11. The Morgan fingerprint density at radius 1 is 0.966 bits per heavy atom. The van der Waals surface area contributed by atoms with Crippen LogP contribution in [0.2, 0.25) is 0 Å². The van der Waals surface area contributed by atoms with Crippen LogP contribution in [0.5, 0.6) is 0 Å². The molecule has 3 saturated carbocycles. The topological polar surface area (TPSA) is 17.1 Å². The van der Waals surface area contributed by atoms with Gasteiger partial charge in [0, 0.05) is 6.42 Å². The average Bonchev–Trinajstić information content (AvgIpc) is 3.03. The van der Waals surface area contributed by atoms with Gasteiger partial charge in [-0.15, -0.1) is 0 Å². The molecular weight excluding hydrogens is 352 g/mol. The maximum Gasteiger partial charge on any atom is 0.155 e. The zero-order valence-electron chi connectivity index (χ0n) is 20.0. The Morgan fingerprint density at radius 2 is 1.72 bits per heavy atom. The summed E-state index contributed by atoms with van der Waals surface area (Å²) >= 11 is 0. The van der Waals surface area contributed by atoms with Gasteiger partial charge in [0.15, 0.2) is 5.78 Å². The van der Waals surface area contributed by atoms with E-state index in [1.54, 1.807) is 0 Å². The third-order valence-corrected chi connectivity index (χ3v) is 11.0. The molecule has 4 rings (SSSR count). The van der Waals surface area contributed by atoms with Crippen LogP contribution in [0.25, 0.3) is 0 Å². The van der Waals surface area contributed by atoms with Crippen molar-refractivity contribution in [2.45, 2.75) is 99.3 Å². The van der Waals surface area contributed by atoms with E-state index in [-0.39, 0.29) is 5.41 Å². The molecule has 0 aliphatic heterocycles. The van der Waals surface area contributed by atoms with Gasteiger partial charge in [-0.3, -0.25) is 4.79 Å². The molecule has 0 spiro atoms. The number of hydrogen-bond donors (Lipinski definition) is 0. The highest BCUT2D eigenvalue weighted by molar-refractivity contribution is 5.91. The number of allylic oxidation sites excluding steroid dienone is 2. The zero-order valence-corrected chi connectivity index (χ0v) is 20.0. The highest BCUT2D eigenvalue weighted by atomic mass is 16.1. The van der Waals surface area contributed by atoms with Crippen LogP contribution >= 0.6 is 0 Å². The summed E-state index contributed by atoms with van der Waals surface area (Å²) in [6.07, 6.45) is 16.4. The SMILES string of the molecule is CC(C)[C@H](C)CC[C@@H](C)[C@H]1CC[C@H]2[C@@H]3CCC4CC(=O)C=C[C@]4(C)[C@H]3CC[C@]12C.